The molecule has 2 aliphatic rings. The van der Waals surface area contributed by atoms with Gasteiger partial charge in [0.2, 0.25) is 11.9 Å². The number of aromatic amines is 1. The molecular formula is C26H28F3N7O. The van der Waals surface area contributed by atoms with E-state index >= 15 is 0 Å². The lowest BCUT2D eigenvalue weighted by atomic mass is 9.66. The lowest BCUT2D eigenvalue weighted by Gasteiger charge is -2.45. The minimum atomic E-state index is -2.58. The molecule has 194 valence electrons. The van der Waals surface area contributed by atoms with Crippen molar-refractivity contribution < 1.29 is 18.0 Å². The number of halogens is 3. The Morgan fingerprint density at radius 2 is 2.00 bits per heavy atom. The van der Waals surface area contributed by atoms with E-state index in [9.17, 15) is 18.0 Å². The van der Waals surface area contributed by atoms with Crippen LogP contribution in [-0.2, 0) is 11.3 Å². The molecule has 1 aromatic carbocycles. The van der Waals surface area contributed by atoms with Gasteiger partial charge < -0.3 is 19.8 Å². The zero-order chi connectivity index (χ0) is 25.9. The summed E-state index contributed by atoms with van der Waals surface area (Å²) in [6, 6.07) is 3.13. The second kappa shape index (κ2) is 8.74. The molecule has 6 rings (SSSR count). The fourth-order valence-corrected chi connectivity index (χ4v) is 5.83. The minimum Gasteiger partial charge on any atom is -0.351 e. The van der Waals surface area contributed by atoms with Crippen molar-refractivity contribution in [1.29, 1.82) is 0 Å². The third-order valence-electron chi connectivity index (χ3n) is 7.70. The molecule has 0 radical (unpaired) electrons. The average molecular weight is 512 g/mol. The summed E-state index contributed by atoms with van der Waals surface area (Å²) >= 11 is 0. The molecule has 2 fully saturated rings. The molecule has 0 bridgehead atoms. The first kappa shape index (κ1) is 23.7. The highest BCUT2D eigenvalue weighted by Gasteiger charge is 2.48. The van der Waals surface area contributed by atoms with Crippen molar-refractivity contribution in [3.8, 4) is 11.1 Å². The van der Waals surface area contributed by atoms with Gasteiger partial charge in [-0.25, -0.2) is 23.1 Å². The second-order valence-electron chi connectivity index (χ2n) is 10.5. The number of anilines is 1. The molecule has 0 unspecified atom stereocenters. The second-order valence-corrected chi connectivity index (χ2v) is 10.5. The molecule has 1 saturated heterocycles. The molecule has 8 nitrogen and oxygen atoms in total. The van der Waals surface area contributed by atoms with Crippen molar-refractivity contribution in [2.24, 2.45) is 5.41 Å². The monoisotopic (exact) mass is 511 g/mol. The number of aromatic nitrogens is 5. The zero-order valence-corrected chi connectivity index (χ0v) is 20.7. The number of aryl methyl sites for hydroxylation is 1. The van der Waals surface area contributed by atoms with Crippen molar-refractivity contribution in [3.63, 3.8) is 0 Å². The van der Waals surface area contributed by atoms with Gasteiger partial charge in [-0.05, 0) is 50.3 Å². The Bertz CT molecular complexity index is 1500. The quantitative estimate of drug-likeness (QED) is 0.385. The smallest absolute Gasteiger partial charge is 0.256 e. The molecule has 1 aliphatic carbocycles. The van der Waals surface area contributed by atoms with Crippen LogP contribution in [0.15, 0.2) is 24.5 Å². The number of carbonyl (C=O) groups excluding carboxylic acids is 1. The van der Waals surface area contributed by atoms with Gasteiger partial charge in [0, 0.05) is 42.5 Å². The van der Waals surface area contributed by atoms with Crippen LogP contribution in [0.5, 0.6) is 0 Å². The molecule has 0 spiro atoms. The van der Waals surface area contributed by atoms with E-state index in [4.69, 9.17) is 0 Å². The fourth-order valence-electron chi connectivity index (χ4n) is 5.83. The summed E-state index contributed by atoms with van der Waals surface area (Å²) in [4.78, 5) is 31.1. The van der Waals surface area contributed by atoms with E-state index in [1.54, 1.807) is 25.4 Å². The van der Waals surface area contributed by atoms with Crippen molar-refractivity contribution in [2.45, 2.75) is 58.5 Å². The zero-order valence-electron chi connectivity index (χ0n) is 20.7. The first-order valence-corrected chi connectivity index (χ1v) is 12.6. The number of benzene rings is 1. The number of fused-ring (bicyclic) bond motifs is 2. The Morgan fingerprint density at radius 1 is 1.24 bits per heavy atom. The van der Waals surface area contributed by atoms with Crippen LogP contribution in [0.4, 0.5) is 19.1 Å². The number of rotatable bonds is 6. The summed E-state index contributed by atoms with van der Waals surface area (Å²) in [6.45, 7) is 4.76. The highest BCUT2D eigenvalue weighted by molar-refractivity contribution is 5.96. The topological polar surface area (TPSA) is 91.7 Å². The van der Waals surface area contributed by atoms with E-state index in [0.29, 0.717) is 39.4 Å². The molecule has 2 N–H and O–H groups in total. The van der Waals surface area contributed by atoms with Gasteiger partial charge in [-0.2, -0.15) is 4.98 Å². The lowest BCUT2D eigenvalue weighted by molar-refractivity contribution is -0.145. The van der Waals surface area contributed by atoms with Crippen LogP contribution < -0.4 is 5.32 Å². The molecule has 4 aromatic rings. The van der Waals surface area contributed by atoms with Gasteiger partial charge in [-0.1, -0.05) is 6.92 Å². The third-order valence-corrected chi connectivity index (χ3v) is 7.70. The van der Waals surface area contributed by atoms with Gasteiger partial charge >= 0.3 is 0 Å². The maximum atomic E-state index is 14.9. The third kappa shape index (κ3) is 4.10. The molecule has 1 saturated carbocycles. The SMILES string of the molecule is Cc1nc2c(F)cc(-c3c[nH]c4nc(NC5CC(C)(C(=O)N6CCCC6)C5)ncc34)cc2n1CC(F)F. The van der Waals surface area contributed by atoms with Crippen molar-refractivity contribution in [1.82, 2.24) is 29.4 Å². The van der Waals surface area contributed by atoms with Gasteiger partial charge in [0.15, 0.2) is 5.82 Å². The van der Waals surface area contributed by atoms with Crippen LogP contribution >= 0.6 is 0 Å². The van der Waals surface area contributed by atoms with E-state index in [-0.39, 0.29) is 22.9 Å². The number of H-pyrrole nitrogens is 1. The van der Waals surface area contributed by atoms with Gasteiger partial charge in [-0.15, -0.1) is 0 Å². The van der Waals surface area contributed by atoms with Gasteiger partial charge in [0.05, 0.1) is 17.5 Å². The molecule has 3 aromatic heterocycles. The number of amides is 1. The Morgan fingerprint density at radius 3 is 2.73 bits per heavy atom. The number of nitrogens with one attached hydrogen (secondary N) is 2. The molecule has 37 heavy (non-hydrogen) atoms. The predicted molar refractivity (Wildman–Crippen MR) is 134 cm³/mol. The Labute approximate surface area is 211 Å². The summed E-state index contributed by atoms with van der Waals surface area (Å²) in [7, 11) is 0. The number of nitrogens with zero attached hydrogens (tertiary/aromatic N) is 5. The number of hydrogen-bond donors (Lipinski definition) is 2. The van der Waals surface area contributed by atoms with E-state index in [2.05, 4.69) is 25.3 Å². The molecule has 0 atom stereocenters. The van der Waals surface area contributed by atoms with E-state index in [0.717, 1.165) is 38.8 Å². The van der Waals surface area contributed by atoms with Gasteiger partial charge in [-0.3, -0.25) is 4.79 Å². The molecule has 1 amide bonds. The van der Waals surface area contributed by atoms with Crippen molar-refractivity contribution in [2.75, 3.05) is 18.4 Å². The normalized spacial score (nSPS) is 21.8. The first-order chi connectivity index (χ1) is 17.7. The molecular weight excluding hydrogens is 483 g/mol. The molecule has 4 heterocycles. The van der Waals surface area contributed by atoms with E-state index in [1.807, 2.05) is 11.8 Å². The lowest BCUT2D eigenvalue weighted by Crippen LogP contribution is -2.53. The predicted octanol–water partition coefficient (Wildman–Crippen LogP) is 4.89. The number of hydrogen-bond acceptors (Lipinski definition) is 5. The highest BCUT2D eigenvalue weighted by Crippen LogP contribution is 2.44. The number of carbonyl (C=O) groups is 1. The van der Waals surface area contributed by atoms with Crippen LogP contribution in [0.3, 0.4) is 0 Å². The highest BCUT2D eigenvalue weighted by atomic mass is 19.3. The van der Waals surface area contributed by atoms with Crippen LogP contribution in [0.25, 0.3) is 33.2 Å². The number of likely N-dealkylation sites (tertiary alicyclic amines) is 1. The van der Waals surface area contributed by atoms with E-state index in [1.165, 1.54) is 10.6 Å². The van der Waals surface area contributed by atoms with Crippen LogP contribution in [0, 0.1) is 18.2 Å². The Balaban J connectivity index is 1.23. The summed E-state index contributed by atoms with van der Waals surface area (Å²) in [6.07, 6.45) is 4.40. The molecule has 11 heteroatoms. The van der Waals surface area contributed by atoms with Crippen LogP contribution in [-0.4, -0.2) is 60.9 Å². The fraction of sp³-hybridized carbons (Fsp3) is 0.462. The standard InChI is InChI=1S/C26H28F3N7O/c1-14-32-22-19(27)7-15(8-20(22)36(14)13-21(28)29)17-11-30-23-18(17)12-31-25(34-23)33-16-9-26(2,10-16)24(37)35-5-3-4-6-35/h7-8,11-12,16,21H,3-6,9-10,13H2,1-2H3,(H2,30,31,33,34). The Hall–Kier alpha value is -3.63. The number of imidazole rings is 1. The number of alkyl halides is 2. The maximum absolute atomic E-state index is 14.9. The van der Waals surface area contributed by atoms with Crippen molar-refractivity contribution in [3.05, 3.63) is 36.2 Å². The summed E-state index contributed by atoms with van der Waals surface area (Å²) < 4.78 is 42.5. The minimum absolute atomic E-state index is 0.0696. The summed E-state index contributed by atoms with van der Waals surface area (Å²) in [5, 5.41) is 4.01. The van der Waals surface area contributed by atoms with Gasteiger partial charge in [0.25, 0.3) is 6.43 Å². The Kier molecular flexibility index (Phi) is 5.61. The molecule has 1 aliphatic heterocycles. The summed E-state index contributed by atoms with van der Waals surface area (Å²) in [5.74, 6) is 0.448. The van der Waals surface area contributed by atoms with Crippen LogP contribution in [0.1, 0.15) is 38.4 Å². The maximum Gasteiger partial charge on any atom is 0.256 e. The summed E-state index contributed by atoms with van der Waals surface area (Å²) in [5.41, 5.74) is 1.80. The van der Waals surface area contributed by atoms with Crippen LogP contribution in [0.2, 0.25) is 0 Å². The van der Waals surface area contributed by atoms with Crippen molar-refractivity contribution >= 4 is 33.9 Å². The average Bonchev–Trinajstić information content (AvgIpc) is 3.57. The van der Waals surface area contributed by atoms with E-state index < -0.39 is 18.8 Å². The van der Waals surface area contributed by atoms with Gasteiger partial charge in [0.1, 0.15) is 17.0 Å². The largest absolute Gasteiger partial charge is 0.351 e. The first-order valence-electron chi connectivity index (χ1n) is 12.6.